The van der Waals surface area contributed by atoms with Gasteiger partial charge in [0.15, 0.2) is 0 Å². The molecule has 3 nitrogen and oxygen atoms in total. The summed E-state index contributed by atoms with van der Waals surface area (Å²) in [6.07, 6.45) is 0. The van der Waals surface area contributed by atoms with E-state index in [1.54, 1.807) is 6.07 Å². The van der Waals surface area contributed by atoms with Crippen molar-refractivity contribution >= 4 is 50.9 Å². The monoisotopic (exact) mass is 409 g/mol. The Morgan fingerprint density at radius 2 is 1.79 bits per heavy atom. The molecule has 0 bridgehead atoms. The van der Waals surface area contributed by atoms with Crippen LogP contribution in [0, 0.1) is 6.07 Å². The van der Waals surface area contributed by atoms with Crippen LogP contribution in [0.1, 0.15) is 41.3 Å². The summed E-state index contributed by atoms with van der Waals surface area (Å²) in [6.45, 7) is 4.76. The average Bonchev–Trinajstić information content (AvgIpc) is 2.97. The molecule has 0 aliphatic carbocycles. The van der Waals surface area contributed by atoms with Crippen LogP contribution in [0.5, 0.6) is 0 Å². The molecule has 28 heavy (non-hydrogen) atoms. The number of fused-ring (bicyclic) bond motifs is 3. The third-order valence-corrected chi connectivity index (χ3v) is 5.84. The van der Waals surface area contributed by atoms with Gasteiger partial charge in [0.1, 0.15) is 0 Å². The zero-order chi connectivity index (χ0) is 20.0. The van der Waals surface area contributed by atoms with E-state index in [0.717, 1.165) is 27.4 Å². The van der Waals surface area contributed by atoms with E-state index in [0.29, 0.717) is 28.1 Å². The second kappa shape index (κ2) is 7.16. The Morgan fingerprint density at radius 1 is 1.11 bits per heavy atom. The van der Waals surface area contributed by atoms with Crippen molar-refractivity contribution in [1.29, 1.82) is 0 Å². The lowest BCUT2D eigenvalue weighted by molar-refractivity contribution is 0.100. The van der Waals surface area contributed by atoms with Crippen LogP contribution in [0.25, 0.3) is 21.8 Å². The molecule has 0 spiro atoms. The van der Waals surface area contributed by atoms with E-state index in [4.69, 9.17) is 28.9 Å². The molecule has 5 heteroatoms. The molecule has 0 aliphatic heterocycles. The summed E-state index contributed by atoms with van der Waals surface area (Å²) in [6, 6.07) is 18.6. The largest absolute Gasteiger partial charge is 0.366 e. The maximum absolute atomic E-state index is 12.1. The fourth-order valence-electron chi connectivity index (χ4n) is 3.62. The number of rotatable bonds is 4. The van der Waals surface area contributed by atoms with Gasteiger partial charge in [-0.15, -0.1) is 0 Å². The lowest BCUT2D eigenvalue weighted by Crippen LogP contribution is -2.11. The van der Waals surface area contributed by atoms with Crippen LogP contribution in [-0.2, 0) is 6.54 Å². The zero-order valence-electron chi connectivity index (χ0n) is 15.6. The molecular formula is C23H19Cl2N2O. The van der Waals surface area contributed by atoms with Gasteiger partial charge in [-0.25, -0.2) is 0 Å². The highest BCUT2D eigenvalue weighted by Crippen LogP contribution is 2.35. The first-order valence-electron chi connectivity index (χ1n) is 9.07. The third-order valence-electron chi connectivity index (χ3n) is 5.13. The smallest absolute Gasteiger partial charge is 0.249 e. The van der Waals surface area contributed by atoms with E-state index >= 15 is 0 Å². The van der Waals surface area contributed by atoms with Gasteiger partial charge in [0.2, 0.25) is 5.91 Å². The van der Waals surface area contributed by atoms with Crippen molar-refractivity contribution in [2.24, 2.45) is 5.73 Å². The molecule has 0 aliphatic rings. The summed E-state index contributed by atoms with van der Waals surface area (Å²) in [7, 11) is 0. The van der Waals surface area contributed by atoms with Crippen LogP contribution in [-0.4, -0.2) is 10.5 Å². The molecule has 2 N–H and O–H groups in total. The molecule has 0 saturated heterocycles. The topological polar surface area (TPSA) is 48.0 Å². The lowest BCUT2D eigenvalue weighted by Gasteiger charge is -2.12. The van der Waals surface area contributed by atoms with Crippen LogP contribution in [0.2, 0.25) is 10.0 Å². The van der Waals surface area contributed by atoms with Crippen molar-refractivity contribution in [2.45, 2.75) is 26.3 Å². The second-order valence-corrected chi connectivity index (χ2v) is 8.01. The van der Waals surface area contributed by atoms with Crippen LogP contribution in [0.4, 0.5) is 0 Å². The molecular weight excluding hydrogens is 391 g/mol. The van der Waals surface area contributed by atoms with Crippen molar-refractivity contribution in [3.63, 3.8) is 0 Å². The van der Waals surface area contributed by atoms with Gasteiger partial charge in [0.25, 0.3) is 0 Å². The van der Waals surface area contributed by atoms with Crippen molar-refractivity contribution in [2.75, 3.05) is 0 Å². The van der Waals surface area contributed by atoms with E-state index < -0.39 is 5.91 Å². The quantitative estimate of drug-likeness (QED) is 0.430. The zero-order valence-corrected chi connectivity index (χ0v) is 17.1. The molecule has 4 rings (SSSR count). The van der Waals surface area contributed by atoms with Crippen LogP contribution >= 0.6 is 23.2 Å². The number of carbonyl (C=O) groups excluding carboxylic acids is 1. The van der Waals surface area contributed by atoms with E-state index in [1.165, 1.54) is 5.56 Å². The lowest BCUT2D eigenvalue weighted by atomic mass is 10.00. The molecule has 0 saturated carbocycles. The number of nitrogens with two attached hydrogens (primary N) is 1. The number of benzene rings is 3. The third kappa shape index (κ3) is 3.05. The van der Waals surface area contributed by atoms with Crippen molar-refractivity contribution < 1.29 is 4.79 Å². The van der Waals surface area contributed by atoms with Gasteiger partial charge in [-0.2, -0.15) is 0 Å². The van der Waals surface area contributed by atoms with Gasteiger partial charge >= 0.3 is 0 Å². The van der Waals surface area contributed by atoms with Gasteiger partial charge < -0.3 is 10.3 Å². The highest BCUT2D eigenvalue weighted by Gasteiger charge is 2.19. The van der Waals surface area contributed by atoms with Gasteiger partial charge in [-0.3, -0.25) is 4.79 Å². The van der Waals surface area contributed by atoms with E-state index in [9.17, 15) is 4.79 Å². The number of nitrogens with zero attached hydrogens (tertiary/aromatic N) is 1. The average molecular weight is 410 g/mol. The van der Waals surface area contributed by atoms with E-state index in [-0.39, 0.29) is 0 Å². The van der Waals surface area contributed by atoms with Gasteiger partial charge in [0.05, 0.1) is 17.6 Å². The second-order valence-electron chi connectivity index (χ2n) is 7.20. The maximum Gasteiger partial charge on any atom is 0.249 e. The molecule has 1 radical (unpaired) electrons. The Bertz CT molecular complexity index is 1200. The predicted octanol–water partition coefficient (Wildman–Crippen LogP) is 6.17. The first-order valence-corrected chi connectivity index (χ1v) is 9.83. The molecule has 1 aromatic heterocycles. The normalized spacial score (nSPS) is 11.6. The minimum absolute atomic E-state index is 0.353. The van der Waals surface area contributed by atoms with Crippen molar-refractivity contribution in [3.05, 3.63) is 81.3 Å². The minimum Gasteiger partial charge on any atom is -0.366 e. The molecule has 1 amide bonds. The van der Waals surface area contributed by atoms with E-state index in [2.05, 4.69) is 30.5 Å². The van der Waals surface area contributed by atoms with Gasteiger partial charge in [-0.05, 0) is 47.9 Å². The summed E-state index contributed by atoms with van der Waals surface area (Å²) < 4.78 is 2.13. The summed E-state index contributed by atoms with van der Waals surface area (Å²) >= 11 is 12.9. The molecule has 0 unspecified atom stereocenters. The van der Waals surface area contributed by atoms with Crippen LogP contribution < -0.4 is 5.73 Å². The van der Waals surface area contributed by atoms with Gasteiger partial charge in [0, 0.05) is 31.9 Å². The van der Waals surface area contributed by atoms with Crippen molar-refractivity contribution in [1.82, 2.24) is 4.57 Å². The number of hydrogen-bond acceptors (Lipinski definition) is 1. The fraction of sp³-hybridized carbons (Fsp3) is 0.174. The summed E-state index contributed by atoms with van der Waals surface area (Å²) in [5.41, 5.74) is 10.0. The highest BCUT2D eigenvalue weighted by atomic mass is 35.5. The number of hydrogen-bond donors (Lipinski definition) is 1. The number of primary amides is 1. The molecule has 141 valence electrons. The summed E-state index contributed by atoms with van der Waals surface area (Å²) in [5.74, 6) is -0.103. The number of halogens is 2. The molecule has 3 aromatic carbocycles. The SMILES string of the molecule is CC(C)c1c[c]c2c3c(C(N)=O)cccc3n(Cc3c(Cl)cccc3Cl)c2c1. The minimum atomic E-state index is -0.457. The Labute approximate surface area is 173 Å². The Morgan fingerprint density at radius 3 is 2.43 bits per heavy atom. The Balaban J connectivity index is 2.08. The number of amides is 1. The van der Waals surface area contributed by atoms with Crippen LogP contribution in [0.3, 0.4) is 0 Å². The standard InChI is InChI=1S/C23H19Cl2N2O/c1-13(2)14-9-10-15-21(11-14)27(12-17-18(24)6-4-7-19(17)25)20-8-3-5-16(22(15)20)23(26)28/h3-9,11,13H,12H2,1-2H3,(H2,26,28). The van der Waals surface area contributed by atoms with Gasteiger partial charge in [-0.1, -0.05) is 55.2 Å². The predicted molar refractivity (Wildman–Crippen MR) is 116 cm³/mol. The molecule has 4 aromatic rings. The first kappa shape index (κ1) is 18.9. The number of aromatic nitrogens is 1. The van der Waals surface area contributed by atoms with E-state index in [1.807, 2.05) is 36.4 Å². The van der Waals surface area contributed by atoms with Crippen LogP contribution in [0.15, 0.2) is 48.5 Å². The highest BCUT2D eigenvalue weighted by molar-refractivity contribution is 6.36. The Hall–Kier alpha value is -2.49. The molecule has 1 heterocycles. The molecule has 0 atom stereocenters. The molecule has 0 fully saturated rings. The number of carbonyl (C=O) groups is 1. The first-order chi connectivity index (χ1) is 13.4. The Kier molecular flexibility index (Phi) is 4.82. The maximum atomic E-state index is 12.1. The fourth-order valence-corrected chi connectivity index (χ4v) is 4.14. The summed E-state index contributed by atoms with van der Waals surface area (Å²) in [5, 5.41) is 2.90. The summed E-state index contributed by atoms with van der Waals surface area (Å²) in [4.78, 5) is 12.1. The van der Waals surface area contributed by atoms with Crippen molar-refractivity contribution in [3.8, 4) is 0 Å².